The van der Waals surface area contributed by atoms with Gasteiger partial charge in [-0.05, 0) is 91.2 Å². The summed E-state index contributed by atoms with van der Waals surface area (Å²) in [5.74, 6) is -0.892. The molecule has 0 spiro atoms. The number of ether oxygens (including phenoxy) is 1. The van der Waals surface area contributed by atoms with Crippen molar-refractivity contribution in [1.82, 2.24) is 0 Å². The fourth-order valence-corrected chi connectivity index (χ4v) is 4.47. The van der Waals surface area contributed by atoms with Crippen LogP contribution in [0, 0.1) is 15.9 Å². The summed E-state index contributed by atoms with van der Waals surface area (Å²) in [5, 5.41) is 20.3. The van der Waals surface area contributed by atoms with Gasteiger partial charge in [-0.15, -0.1) is 0 Å². The van der Waals surface area contributed by atoms with Gasteiger partial charge in [-0.2, -0.15) is 0 Å². The highest BCUT2D eigenvalue weighted by molar-refractivity contribution is 6.12. The van der Waals surface area contributed by atoms with Gasteiger partial charge in [0.05, 0.1) is 40.1 Å². The summed E-state index contributed by atoms with van der Waals surface area (Å²) >= 11 is 0. The number of nitro groups is 1. The molecule has 0 saturated heterocycles. The third-order valence-corrected chi connectivity index (χ3v) is 6.90. The van der Waals surface area contributed by atoms with Gasteiger partial charge in [0.15, 0.2) is 5.75 Å². The summed E-state index contributed by atoms with van der Waals surface area (Å²) in [6.45, 7) is 3.53. The van der Waals surface area contributed by atoms with Crippen molar-refractivity contribution in [1.29, 1.82) is 0 Å². The van der Waals surface area contributed by atoms with E-state index in [0.717, 1.165) is 5.56 Å². The van der Waals surface area contributed by atoms with Crippen LogP contribution in [0.25, 0.3) is 11.1 Å². The molecule has 2 amide bonds. The number of hydrogen-bond donors (Lipinski definition) is 3. The number of anilines is 4. The lowest BCUT2D eigenvalue weighted by Gasteiger charge is -2.25. The Hall–Kier alpha value is -5.25. The molecule has 0 fully saturated rings. The first-order valence-electron chi connectivity index (χ1n) is 12.3. The number of carbonyl (C=O) groups excluding carboxylic acids is 2. The van der Waals surface area contributed by atoms with Crippen LogP contribution in [0.15, 0.2) is 78.9 Å². The number of benzene rings is 4. The lowest BCUT2D eigenvalue weighted by atomic mass is 9.83. The highest BCUT2D eigenvalue weighted by atomic mass is 19.1. The zero-order chi connectivity index (χ0) is 28.6. The Labute approximate surface area is 229 Å². The Morgan fingerprint density at radius 3 is 2.30 bits per heavy atom. The largest absolute Gasteiger partial charge is 0.490 e. The van der Waals surface area contributed by atoms with E-state index in [1.165, 1.54) is 37.4 Å². The van der Waals surface area contributed by atoms with Crippen molar-refractivity contribution in [3.63, 3.8) is 0 Å². The molecule has 0 saturated carbocycles. The number of hydrogen-bond acceptors (Lipinski definition) is 6. The number of methoxy groups -OCH3 is 1. The molecule has 0 bridgehead atoms. The molecule has 40 heavy (non-hydrogen) atoms. The summed E-state index contributed by atoms with van der Waals surface area (Å²) < 4.78 is 18.4. The molecule has 1 heterocycles. The first kappa shape index (κ1) is 26.4. The number of nitrogens with zero attached hydrogens (tertiary/aromatic N) is 1. The van der Waals surface area contributed by atoms with Crippen molar-refractivity contribution in [2.75, 3.05) is 23.1 Å². The van der Waals surface area contributed by atoms with Gasteiger partial charge in [-0.3, -0.25) is 19.7 Å². The van der Waals surface area contributed by atoms with Crippen LogP contribution in [-0.4, -0.2) is 23.8 Å². The Balaban J connectivity index is 1.44. The summed E-state index contributed by atoms with van der Waals surface area (Å²) in [5.41, 5.74) is 3.51. The number of halogens is 1. The van der Waals surface area contributed by atoms with Gasteiger partial charge in [0.1, 0.15) is 5.82 Å². The number of fused-ring (bicyclic) bond motifs is 2. The summed E-state index contributed by atoms with van der Waals surface area (Å²) in [6, 6.07) is 20.7. The number of carbonyl (C=O) groups is 2. The molecule has 1 aliphatic heterocycles. The van der Waals surface area contributed by atoms with E-state index in [1.807, 2.05) is 0 Å². The second-order valence-electron chi connectivity index (χ2n) is 9.83. The van der Waals surface area contributed by atoms with Gasteiger partial charge in [0.2, 0.25) is 5.91 Å². The molecule has 0 aromatic heterocycles. The Bertz CT molecular complexity index is 1670. The third-order valence-electron chi connectivity index (χ3n) is 6.90. The third kappa shape index (κ3) is 4.94. The topological polar surface area (TPSA) is 123 Å². The maximum absolute atomic E-state index is 13.2. The quantitative estimate of drug-likeness (QED) is 0.186. The van der Waals surface area contributed by atoms with Crippen LogP contribution in [0.1, 0.15) is 29.8 Å². The Kier molecular flexibility index (Phi) is 6.68. The molecule has 4 aromatic carbocycles. The van der Waals surface area contributed by atoms with E-state index in [-0.39, 0.29) is 23.3 Å². The number of rotatable bonds is 6. The molecule has 0 atom stereocenters. The van der Waals surface area contributed by atoms with Crippen LogP contribution in [-0.2, 0) is 10.2 Å². The zero-order valence-corrected chi connectivity index (χ0v) is 21.9. The van der Waals surface area contributed by atoms with Crippen LogP contribution < -0.4 is 20.7 Å². The molecule has 0 unspecified atom stereocenters. The van der Waals surface area contributed by atoms with Gasteiger partial charge in [-0.1, -0.05) is 12.1 Å². The summed E-state index contributed by atoms with van der Waals surface area (Å²) in [6.07, 6.45) is 0. The average Bonchev–Trinajstić information content (AvgIpc) is 3.08. The molecule has 9 nitrogen and oxygen atoms in total. The van der Waals surface area contributed by atoms with E-state index < -0.39 is 16.2 Å². The van der Waals surface area contributed by atoms with Gasteiger partial charge in [0.25, 0.3) is 5.91 Å². The molecule has 0 aliphatic carbocycles. The van der Waals surface area contributed by atoms with Crippen molar-refractivity contribution < 1.29 is 23.6 Å². The van der Waals surface area contributed by atoms with E-state index >= 15 is 0 Å². The molecule has 5 rings (SSSR count). The van der Waals surface area contributed by atoms with Crippen molar-refractivity contribution in [3.05, 3.63) is 106 Å². The normalized spacial score (nSPS) is 12.2. The predicted molar refractivity (Wildman–Crippen MR) is 151 cm³/mol. The molecule has 1 aliphatic rings. The SMILES string of the molecule is COc1cc(-c2ccc3c(c2)Nc2ccc(C(C)(C)C(=O)Nc4ccc(F)cc4)cc2NC3=O)ccc1[N+](=O)[O-]. The smallest absolute Gasteiger partial charge is 0.310 e. The lowest BCUT2D eigenvalue weighted by Crippen LogP contribution is -2.34. The van der Waals surface area contributed by atoms with Crippen LogP contribution in [0.4, 0.5) is 32.8 Å². The van der Waals surface area contributed by atoms with Gasteiger partial charge in [0, 0.05) is 11.8 Å². The predicted octanol–water partition coefficient (Wildman–Crippen LogP) is 6.64. The molecule has 4 aromatic rings. The number of nitrogens with one attached hydrogen (secondary N) is 3. The molecule has 0 radical (unpaired) electrons. The van der Waals surface area contributed by atoms with Crippen LogP contribution >= 0.6 is 0 Å². The highest BCUT2D eigenvalue weighted by Gasteiger charge is 2.31. The van der Waals surface area contributed by atoms with E-state index in [0.29, 0.717) is 39.4 Å². The van der Waals surface area contributed by atoms with E-state index in [9.17, 15) is 24.1 Å². The van der Waals surface area contributed by atoms with Gasteiger partial charge in [-0.25, -0.2) is 4.39 Å². The standard InChI is InChI=1S/C30H25FN4O5/c1-30(2,29(37)32-21-9-7-20(31)8-10-21)19-6-12-23-25(16-19)34-28(36)22-11-4-17(14-24(22)33-23)18-5-13-26(35(38)39)27(15-18)40-3/h4-16,33H,1-3H3,(H,32,37)(H,34,36). The maximum atomic E-state index is 13.2. The van der Waals surface area contributed by atoms with E-state index in [1.54, 1.807) is 62.4 Å². The van der Waals surface area contributed by atoms with Crippen molar-refractivity contribution in [2.45, 2.75) is 19.3 Å². The lowest BCUT2D eigenvalue weighted by molar-refractivity contribution is -0.385. The summed E-state index contributed by atoms with van der Waals surface area (Å²) in [7, 11) is 1.37. The monoisotopic (exact) mass is 540 g/mol. The summed E-state index contributed by atoms with van der Waals surface area (Å²) in [4.78, 5) is 37.0. The zero-order valence-electron chi connectivity index (χ0n) is 21.9. The first-order valence-corrected chi connectivity index (χ1v) is 12.3. The molecule has 202 valence electrons. The fraction of sp³-hybridized carbons (Fsp3) is 0.133. The van der Waals surface area contributed by atoms with Crippen molar-refractivity contribution in [2.24, 2.45) is 0 Å². The molecular weight excluding hydrogens is 515 g/mol. The second-order valence-corrected chi connectivity index (χ2v) is 9.83. The van der Waals surface area contributed by atoms with E-state index in [4.69, 9.17) is 4.74 Å². The Morgan fingerprint density at radius 1 is 0.900 bits per heavy atom. The highest BCUT2D eigenvalue weighted by Crippen LogP contribution is 2.39. The fourth-order valence-electron chi connectivity index (χ4n) is 4.47. The average molecular weight is 541 g/mol. The second kappa shape index (κ2) is 10.1. The molecule has 3 N–H and O–H groups in total. The van der Waals surface area contributed by atoms with Crippen LogP contribution in [0.3, 0.4) is 0 Å². The van der Waals surface area contributed by atoms with Crippen LogP contribution in [0.2, 0.25) is 0 Å². The van der Waals surface area contributed by atoms with Crippen molar-refractivity contribution >= 4 is 40.3 Å². The first-order chi connectivity index (χ1) is 19.1. The van der Waals surface area contributed by atoms with Gasteiger partial charge < -0.3 is 20.7 Å². The number of amides is 2. The van der Waals surface area contributed by atoms with E-state index in [2.05, 4.69) is 16.0 Å². The number of nitro benzene ring substituents is 1. The maximum Gasteiger partial charge on any atom is 0.310 e. The Morgan fingerprint density at radius 2 is 1.60 bits per heavy atom. The minimum absolute atomic E-state index is 0.132. The minimum Gasteiger partial charge on any atom is -0.490 e. The van der Waals surface area contributed by atoms with Crippen LogP contribution in [0.5, 0.6) is 5.75 Å². The molecule has 10 heteroatoms. The molecular formula is C30H25FN4O5. The van der Waals surface area contributed by atoms with Crippen molar-refractivity contribution in [3.8, 4) is 16.9 Å². The van der Waals surface area contributed by atoms with Gasteiger partial charge >= 0.3 is 5.69 Å². The minimum atomic E-state index is -0.977.